The van der Waals surface area contributed by atoms with Gasteiger partial charge in [0.1, 0.15) is 11.5 Å². The van der Waals surface area contributed by atoms with E-state index in [1.165, 1.54) is 0 Å². The molecule has 1 aliphatic rings. The number of rotatable bonds is 8. The Morgan fingerprint density at radius 2 is 2.00 bits per heavy atom. The maximum absolute atomic E-state index is 12.6. The topological polar surface area (TPSA) is 93.8 Å². The van der Waals surface area contributed by atoms with Gasteiger partial charge in [0.2, 0.25) is 5.95 Å². The van der Waals surface area contributed by atoms with Gasteiger partial charge in [-0.2, -0.15) is 4.98 Å². The number of anilines is 3. The summed E-state index contributed by atoms with van der Waals surface area (Å²) in [6.07, 6.45) is 14.6. The van der Waals surface area contributed by atoms with E-state index >= 15 is 0 Å². The zero-order valence-electron chi connectivity index (χ0n) is 18.8. The van der Waals surface area contributed by atoms with Gasteiger partial charge in [-0.1, -0.05) is 12.8 Å². The summed E-state index contributed by atoms with van der Waals surface area (Å²) in [5.74, 6) is 1.10. The Labute approximate surface area is 192 Å². The van der Waals surface area contributed by atoms with Gasteiger partial charge in [0.05, 0.1) is 18.2 Å². The fraction of sp³-hybridized carbons (Fsp3) is 0.375. The van der Waals surface area contributed by atoms with E-state index in [9.17, 15) is 4.79 Å². The second kappa shape index (κ2) is 9.40. The highest BCUT2D eigenvalue weighted by molar-refractivity contribution is 5.75. The Balaban J connectivity index is 1.28. The van der Waals surface area contributed by atoms with Crippen LogP contribution in [0.3, 0.4) is 0 Å². The van der Waals surface area contributed by atoms with Crippen LogP contribution in [0.1, 0.15) is 38.1 Å². The van der Waals surface area contributed by atoms with Crippen molar-refractivity contribution >= 4 is 28.5 Å². The first-order chi connectivity index (χ1) is 16.2. The monoisotopic (exact) mass is 444 g/mol. The molecule has 0 unspecified atom stereocenters. The van der Waals surface area contributed by atoms with Crippen molar-refractivity contribution in [3.63, 3.8) is 0 Å². The highest BCUT2D eigenvalue weighted by Gasteiger charge is 2.20. The summed E-state index contributed by atoms with van der Waals surface area (Å²) in [6.45, 7) is 1.85. The average molecular weight is 445 g/mol. The first kappa shape index (κ1) is 21.1. The molecule has 9 heteroatoms. The van der Waals surface area contributed by atoms with Crippen LogP contribution in [0.25, 0.3) is 11.0 Å². The first-order valence-corrected chi connectivity index (χ1v) is 11.5. The number of nitrogens with one attached hydrogen (secondary N) is 1. The summed E-state index contributed by atoms with van der Waals surface area (Å²) >= 11 is 0. The zero-order chi connectivity index (χ0) is 22.6. The van der Waals surface area contributed by atoms with Crippen molar-refractivity contribution < 1.29 is 0 Å². The second-order valence-electron chi connectivity index (χ2n) is 8.55. The van der Waals surface area contributed by atoms with Crippen LogP contribution in [-0.2, 0) is 6.54 Å². The predicted molar refractivity (Wildman–Crippen MR) is 129 cm³/mol. The van der Waals surface area contributed by atoms with Crippen LogP contribution in [0.5, 0.6) is 0 Å². The largest absolute Gasteiger partial charge is 0.373 e. The van der Waals surface area contributed by atoms with E-state index in [-0.39, 0.29) is 11.6 Å². The number of fused-ring (bicyclic) bond motifs is 1. The molecule has 0 spiro atoms. The van der Waals surface area contributed by atoms with Crippen molar-refractivity contribution in [2.45, 2.75) is 44.7 Å². The maximum atomic E-state index is 12.6. The number of hydrogen-bond donors (Lipinski definition) is 1. The molecule has 0 aromatic carbocycles. The predicted octanol–water partition coefficient (Wildman–Crippen LogP) is 3.77. The molecule has 1 saturated carbocycles. The molecule has 0 saturated heterocycles. The van der Waals surface area contributed by atoms with Crippen molar-refractivity contribution in [3.05, 3.63) is 65.7 Å². The molecular formula is C24H28N8O. The van der Waals surface area contributed by atoms with Gasteiger partial charge in [-0.15, -0.1) is 0 Å². The normalized spacial score (nSPS) is 14.1. The minimum atomic E-state index is -0.00222. The number of pyridine rings is 2. The molecule has 1 N–H and O–H groups in total. The van der Waals surface area contributed by atoms with E-state index in [1.54, 1.807) is 24.5 Å². The quantitative estimate of drug-likeness (QED) is 0.442. The van der Waals surface area contributed by atoms with Gasteiger partial charge in [-0.25, -0.2) is 15.0 Å². The van der Waals surface area contributed by atoms with Gasteiger partial charge < -0.3 is 14.8 Å². The third-order valence-electron chi connectivity index (χ3n) is 6.25. The molecule has 4 aromatic rings. The summed E-state index contributed by atoms with van der Waals surface area (Å²) in [4.78, 5) is 32.5. The zero-order valence-corrected chi connectivity index (χ0v) is 18.8. The Morgan fingerprint density at radius 3 is 2.76 bits per heavy atom. The lowest BCUT2D eigenvalue weighted by atomic mass is 10.2. The lowest BCUT2D eigenvalue weighted by Gasteiger charge is -2.19. The van der Waals surface area contributed by atoms with Crippen LogP contribution in [0, 0.1) is 0 Å². The molecular weight excluding hydrogens is 416 g/mol. The number of aryl methyl sites for hydroxylation is 1. The molecule has 9 nitrogen and oxygen atoms in total. The Bertz CT molecular complexity index is 1260. The van der Waals surface area contributed by atoms with E-state index in [4.69, 9.17) is 0 Å². The number of nitrogens with zero attached hydrogens (tertiary/aromatic N) is 7. The molecule has 33 heavy (non-hydrogen) atoms. The summed E-state index contributed by atoms with van der Waals surface area (Å²) in [5.41, 5.74) is 1.72. The summed E-state index contributed by atoms with van der Waals surface area (Å²) < 4.78 is 3.92. The molecule has 0 amide bonds. The van der Waals surface area contributed by atoms with Crippen LogP contribution in [0.4, 0.5) is 17.5 Å². The maximum Gasteiger partial charge on any atom is 0.252 e. The Hall–Kier alpha value is -3.75. The van der Waals surface area contributed by atoms with Crippen molar-refractivity contribution in [2.24, 2.45) is 0 Å². The molecule has 0 bridgehead atoms. The van der Waals surface area contributed by atoms with Crippen molar-refractivity contribution in [3.8, 4) is 0 Å². The average Bonchev–Trinajstić information content (AvgIpc) is 3.54. The van der Waals surface area contributed by atoms with Crippen molar-refractivity contribution in [2.75, 3.05) is 23.8 Å². The third-order valence-corrected chi connectivity index (χ3v) is 6.25. The lowest BCUT2D eigenvalue weighted by molar-refractivity contribution is 0.516. The highest BCUT2D eigenvalue weighted by Crippen LogP contribution is 2.30. The summed E-state index contributed by atoms with van der Waals surface area (Å²) in [7, 11) is 2.06. The first-order valence-electron chi connectivity index (χ1n) is 11.5. The molecule has 1 aliphatic carbocycles. The Morgan fingerprint density at radius 1 is 1.12 bits per heavy atom. The molecule has 4 aromatic heterocycles. The fourth-order valence-electron chi connectivity index (χ4n) is 4.45. The minimum Gasteiger partial charge on any atom is -0.373 e. The minimum absolute atomic E-state index is 0.00222. The molecule has 0 radical (unpaired) electrons. The molecule has 0 aliphatic heterocycles. The third kappa shape index (κ3) is 4.72. The number of hydrogen-bond acceptors (Lipinski definition) is 7. The van der Waals surface area contributed by atoms with Gasteiger partial charge in [-0.3, -0.25) is 9.36 Å². The van der Waals surface area contributed by atoms with Gasteiger partial charge in [0.15, 0.2) is 0 Å². The second-order valence-corrected chi connectivity index (χ2v) is 8.55. The fourth-order valence-corrected chi connectivity index (χ4v) is 4.45. The van der Waals surface area contributed by atoms with Crippen molar-refractivity contribution in [1.82, 2.24) is 29.1 Å². The van der Waals surface area contributed by atoms with Crippen LogP contribution in [0.15, 0.2) is 60.2 Å². The highest BCUT2D eigenvalue weighted by atomic mass is 16.1. The van der Waals surface area contributed by atoms with Gasteiger partial charge in [0.25, 0.3) is 5.56 Å². The van der Waals surface area contributed by atoms with Gasteiger partial charge >= 0.3 is 0 Å². The number of aromatic nitrogens is 6. The van der Waals surface area contributed by atoms with E-state index < -0.39 is 0 Å². The van der Waals surface area contributed by atoms with Crippen LogP contribution in [-0.4, -0.2) is 42.7 Å². The molecule has 4 heterocycles. The van der Waals surface area contributed by atoms with Crippen LogP contribution >= 0.6 is 0 Å². The van der Waals surface area contributed by atoms with E-state index in [1.807, 2.05) is 35.4 Å². The van der Waals surface area contributed by atoms with Crippen molar-refractivity contribution in [1.29, 1.82) is 0 Å². The lowest BCUT2D eigenvalue weighted by Crippen LogP contribution is -2.23. The Kier molecular flexibility index (Phi) is 6.01. The smallest absolute Gasteiger partial charge is 0.252 e. The standard InChI is InChI=1S/C24H28N8O/c1-30(12-4-13-31-14-11-25-17-31)20-8-9-21(26-16-20)28-24-27-15-18-7-10-22(33)32(23(18)29-24)19-5-2-3-6-19/h7-11,14-17,19H,2-6,12-13H2,1H3,(H,26,27,28,29). The number of imidazole rings is 1. The van der Waals surface area contributed by atoms with Crippen LogP contribution in [0.2, 0.25) is 0 Å². The van der Waals surface area contributed by atoms with Gasteiger partial charge in [0, 0.05) is 56.2 Å². The SMILES string of the molecule is CN(CCCn1ccnc1)c1ccc(Nc2ncc3ccc(=O)n(C4CCCC4)c3n2)nc1. The molecule has 5 rings (SSSR count). The van der Waals surface area contributed by atoms with Gasteiger partial charge in [-0.05, 0) is 37.5 Å². The molecule has 1 fully saturated rings. The van der Waals surface area contributed by atoms with E-state index in [0.717, 1.165) is 56.3 Å². The van der Waals surface area contributed by atoms with E-state index in [2.05, 4.69) is 41.8 Å². The van der Waals surface area contributed by atoms with Crippen LogP contribution < -0.4 is 15.8 Å². The molecule has 170 valence electrons. The van der Waals surface area contributed by atoms with E-state index in [0.29, 0.717) is 17.4 Å². The summed E-state index contributed by atoms with van der Waals surface area (Å²) in [6, 6.07) is 7.57. The summed E-state index contributed by atoms with van der Waals surface area (Å²) in [5, 5.41) is 4.05. The molecule has 0 atom stereocenters.